The van der Waals surface area contributed by atoms with Crippen LogP contribution in [0.15, 0.2) is 0 Å². The van der Waals surface area contributed by atoms with Gasteiger partial charge >= 0.3 is 0 Å². The van der Waals surface area contributed by atoms with Crippen LogP contribution in [0.5, 0.6) is 0 Å². The van der Waals surface area contributed by atoms with Crippen LogP contribution in [-0.4, -0.2) is 30.3 Å². The molecule has 0 radical (unpaired) electrons. The number of methoxy groups -OCH3 is 1. The third-order valence-corrected chi connectivity index (χ3v) is 3.33. The van der Waals surface area contributed by atoms with E-state index in [0.29, 0.717) is 43.1 Å². The van der Waals surface area contributed by atoms with E-state index >= 15 is 0 Å². The third-order valence-electron chi connectivity index (χ3n) is 3.33. The molecule has 0 aromatic carbocycles. The maximum Gasteiger partial charge on any atom is 0.163 e. The van der Waals surface area contributed by atoms with Crippen LogP contribution in [0.2, 0.25) is 0 Å². The first-order valence-electron chi connectivity index (χ1n) is 5.80. The summed E-state index contributed by atoms with van der Waals surface area (Å²) in [5, 5.41) is 8.96. The zero-order valence-corrected chi connectivity index (χ0v) is 10.6. The van der Waals surface area contributed by atoms with E-state index in [9.17, 15) is 0 Å². The second-order valence-corrected chi connectivity index (χ2v) is 4.32. The van der Waals surface area contributed by atoms with Gasteiger partial charge in [0.15, 0.2) is 5.82 Å². The van der Waals surface area contributed by atoms with Gasteiger partial charge in [-0.15, -0.1) is 0 Å². The molecule has 0 bridgehead atoms. The van der Waals surface area contributed by atoms with Crippen LogP contribution in [0.3, 0.4) is 0 Å². The van der Waals surface area contributed by atoms with Crippen LogP contribution in [0.25, 0.3) is 0 Å². The lowest BCUT2D eigenvalue weighted by molar-refractivity contribution is -0.1000. The fourth-order valence-electron chi connectivity index (χ4n) is 2.16. The molecule has 0 unspecified atom stereocenters. The average molecular weight is 248 g/mol. The van der Waals surface area contributed by atoms with Gasteiger partial charge in [-0.2, -0.15) is 5.26 Å². The molecule has 18 heavy (non-hydrogen) atoms. The van der Waals surface area contributed by atoms with Crippen molar-refractivity contribution in [2.45, 2.75) is 25.4 Å². The number of nitriles is 1. The van der Waals surface area contributed by atoms with Crippen LogP contribution in [0.1, 0.15) is 29.9 Å². The van der Waals surface area contributed by atoms with Crippen molar-refractivity contribution in [1.29, 1.82) is 5.26 Å². The highest BCUT2D eigenvalue weighted by atomic mass is 16.5. The van der Waals surface area contributed by atoms with E-state index in [1.54, 1.807) is 14.0 Å². The first-order valence-corrected chi connectivity index (χ1v) is 5.80. The standard InChI is InChI=1S/C12H16N4O2/c1-8-9(7-13)10(14)16-11(15-8)12(17-2)3-5-18-6-4-12/h3-6H2,1-2H3,(H2,14,15,16). The van der Waals surface area contributed by atoms with E-state index < -0.39 is 5.60 Å². The summed E-state index contributed by atoms with van der Waals surface area (Å²) in [6.45, 7) is 2.97. The molecule has 6 heteroatoms. The van der Waals surface area contributed by atoms with Crippen molar-refractivity contribution in [1.82, 2.24) is 9.97 Å². The van der Waals surface area contributed by atoms with Crippen LogP contribution >= 0.6 is 0 Å². The minimum absolute atomic E-state index is 0.211. The summed E-state index contributed by atoms with van der Waals surface area (Å²) in [4.78, 5) is 8.61. The van der Waals surface area contributed by atoms with Crippen molar-refractivity contribution in [3.05, 3.63) is 17.1 Å². The summed E-state index contributed by atoms with van der Waals surface area (Å²) in [7, 11) is 1.64. The molecule has 0 spiro atoms. The maximum atomic E-state index is 8.96. The van der Waals surface area contributed by atoms with Gasteiger partial charge in [-0.1, -0.05) is 0 Å². The summed E-state index contributed by atoms with van der Waals surface area (Å²) in [6.07, 6.45) is 1.38. The predicted molar refractivity (Wildman–Crippen MR) is 64.6 cm³/mol. The molecular formula is C12H16N4O2. The Morgan fingerprint density at radius 3 is 2.56 bits per heavy atom. The van der Waals surface area contributed by atoms with Crippen LogP contribution in [-0.2, 0) is 15.1 Å². The van der Waals surface area contributed by atoms with E-state index in [1.165, 1.54) is 0 Å². The van der Waals surface area contributed by atoms with E-state index in [-0.39, 0.29) is 5.82 Å². The Bertz CT molecular complexity index is 466. The third kappa shape index (κ3) is 2.03. The number of aromatic nitrogens is 2. The molecule has 96 valence electrons. The van der Waals surface area contributed by atoms with Crippen LogP contribution in [0.4, 0.5) is 5.82 Å². The Labute approximate surface area is 106 Å². The Morgan fingerprint density at radius 2 is 2.06 bits per heavy atom. The minimum atomic E-state index is -0.550. The predicted octanol–water partition coefficient (Wildman–Crippen LogP) is 0.891. The topological polar surface area (TPSA) is 94.0 Å². The second kappa shape index (κ2) is 4.88. The fourth-order valence-corrected chi connectivity index (χ4v) is 2.16. The number of nitrogen functional groups attached to an aromatic ring is 1. The SMILES string of the molecule is COC1(c2nc(C)c(C#N)c(N)n2)CCOCC1. The van der Waals surface area contributed by atoms with Gasteiger partial charge in [0, 0.05) is 33.2 Å². The van der Waals surface area contributed by atoms with Crippen molar-refractivity contribution < 1.29 is 9.47 Å². The summed E-state index contributed by atoms with van der Waals surface area (Å²) in [5.41, 5.74) is 6.16. The molecular weight excluding hydrogens is 232 g/mol. The van der Waals surface area contributed by atoms with Crippen molar-refractivity contribution in [3.63, 3.8) is 0 Å². The lowest BCUT2D eigenvalue weighted by Gasteiger charge is -2.34. The van der Waals surface area contributed by atoms with Crippen molar-refractivity contribution >= 4 is 5.82 Å². The van der Waals surface area contributed by atoms with Gasteiger partial charge in [0.2, 0.25) is 0 Å². The van der Waals surface area contributed by atoms with E-state index in [2.05, 4.69) is 9.97 Å². The Balaban J connectivity index is 2.47. The van der Waals surface area contributed by atoms with Gasteiger partial charge in [-0.3, -0.25) is 0 Å². The Kier molecular flexibility index (Phi) is 3.45. The maximum absolute atomic E-state index is 8.96. The molecule has 1 fully saturated rings. The molecule has 1 aliphatic heterocycles. The zero-order chi connectivity index (χ0) is 13.2. The molecule has 0 amide bonds. The number of nitrogens with zero attached hydrogens (tertiary/aromatic N) is 3. The molecule has 6 nitrogen and oxygen atoms in total. The van der Waals surface area contributed by atoms with Gasteiger partial charge < -0.3 is 15.2 Å². The largest absolute Gasteiger partial charge is 0.382 e. The van der Waals surface area contributed by atoms with Crippen molar-refractivity contribution in [2.24, 2.45) is 0 Å². The molecule has 2 rings (SSSR count). The minimum Gasteiger partial charge on any atom is -0.382 e. The first kappa shape index (κ1) is 12.7. The smallest absolute Gasteiger partial charge is 0.163 e. The quantitative estimate of drug-likeness (QED) is 0.835. The lowest BCUT2D eigenvalue weighted by atomic mass is 9.92. The number of aryl methyl sites for hydroxylation is 1. The van der Waals surface area contributed by atoms with E-state index in [1.807, 2.05) is 6.07 Å². The summed E-state index contributed by atoms with van der Waals surface area (Å²) >= 11 is 0. The molecule has 0 atom stereocenters. The molecule has 1 aromatic heterocycles. The molecule has 1 aliphatic rings. The first-order chi connectivity index (χ1) is 8.63. The average Bonchev–Trinajstić information content (AvgIpc) is 2.39. The highest BCUT2D eigenvalue weighted by Gasteiger charge is 2.38. The Morgan fingerprint density at radius 1 is 1.39 bits per heavy atom. The number of nitrogens with two attached hydrogens (primary N) is 1. The second-order valence-electron chi connectivity index (χ2n) is 4.32. The van der Waals surface area contributed by atoms with E-state index in [0.717, 1.165) is 0 Å². The number of hydrogen-bond acceptors (Lipinski definition) is 6. The van der Waals surface area contributed by atoms with E-state index in [4.69, 9.17) is 20.5 Å². The number of rotatable bonds is 2. The molecule has 2 N–H and O–H groups in total. The number of anilines is 1. The van der Waals surface area contributed by atoms with Crippen molar-refractivity contribution in [2.75, 3.05) is 26.1 Å². The highest BCUT2D eigenvalue weighted by molar-refractivity contribution is 5.50. The molecule has 0 saturated carbocycles. The fraction of sp³-hybridized carbons (Fsp3) is 0.583. The monoisotopic (exact) mass is 248 g/mol. The summed E-state index contributed by atoms with van der Waals surface area (Å²) in [5.74, 6) is 0.755. The lowest BCUT2D eigenvalue weighted by Crippen LogP contribution is -2.37. The number of hydrogen-bond donors (Lipinski definition) is 1. The zero-order valence-electron chi connectivity index (χ0n) is 10.6. The molecule has 2 heterocycles. The van der Waals surface area contributed by atoms with Gasteiger partial charge in [0.05, 0.1) is 5.69 Å². The molecule has 1 aromatic rings. The molecule has 1 saturated heterocycles. The van der Waals surface area contributed by atoms with Gasteiger partial charge in [0.1, 0.15) is 23.1 Å². The van der Waals surface area contributed by atoms with Gasteiger partial charge in [-0.05, 0) is 6.92 Å². The number of ether oxygens (including phenoxy) is 2. The van der Waals surface area contributed by atoms with Gasteiger partial charge in [-0.25, -0.2) is 9.97 Å². The summed E-state index contributed by atoms with van der Waals surface area (Å²) in [6, 6.07) is 2.01. The normalized spacial score (nSPS) is 18.3. The molecule has 0 aliphatic carbocycles. The highest BCUT2D eigenvalue weighted by Crippen LogP contribution is 2.34. The Hall–Kier alpha value is -1.71. The summed E-state index contributed by atoms with van der Waals surface area (Å²) < 4.78 is 10.9. The van der Waals surface area contributed by atoms with Crippen LogP contribution < -0.4 is 5.73 Å². The van der Waals surface area contributed by atoms with Gasteiger partial charge in [0.25, 0.3) is 0 Å². The van der Waals surface area contributed by atoms with Crippen LogP contribution in [0, 0.1) is 18.3 Å². The van der Waals surface area contributed by atoms with Crippen molar-refractivity contribution in [3.8, 4) is 6.07 Å².